The van der Waals surface area contributed by atoms with Crippen LogP contribution in [-0.4, -0.2) is 36.3 Å². The maximum atomic E-state index is 12.7. The van der Waals surface area contributed by atoms with E-state index in [4.69, 9.17) is 11.6 Å². The molecule has 8 heteroatoms. The van der Waals surface area contributed by atoms with Gasteiger partial charge >= 0.3 is 6.18 Å². The van der Waals surface area contributed by atoms with Crippen molar-refractivity contribution in [3.8, 4) is 0 Å². The molecular formula is C13H12ClF3N2O2. The molecule has 1 N–H and O–H groups in total. The van der Waals surface area contributed by atoms with Crippen LogP contribution in [0.15, 0.2) is 18.2 Å². The zero-order valence-electron chi connectivity index (χ0n) is 10.8. The SMILES string of the molecule is O=C1CCN(C(=O)c2cc(Cl)cc(C(F)(F)F)c2)CCN1. The summed E-state index contributed by atoms with van der Waals surface area (Å²) in [4.78, 5) is 24.8. The number of hydrogen-bond acceptors (Lipinski definition) is 2. The van der Waals surface area contributed by atoms with Crippen molar-refractivity contribution in [3.05, 3.63) is 34.3 Å². The topological polar surface area (TPSA) is 49.4 Å². The minimum atomic E-state index is -4.57. The first-order valence-electron chi connectivity index (χ1n) is 6.21. The highest BCUT2D eigenvalue weighted by Crippen LogP contribution is 2.32. The molecule has 1 heterocycles. The summed E-state index contributed by atoms with van der Waals surface area (Å²) in [6.45, 7) is 0.689. The molecule has 21 heavy (non-hydrogen) atoms. The fourth-order valence-electron chi connectivity index (χ4n) is 2.03. The summed E-state index contributed by atoms with van der Waals surface area (Å²) in [7, 11) is 0. The maximum absolute atomic E-state index is 12.7. The lowest BCUT2D eigenvalue weighted by molar-refractivity contribution is -0.137. The van der Waals surface area contributed by atoms with Gasteiger partial charge in [-0.05, 0) is 18.2 Å². The first-order valence-corrected chi connectivity index (χ1v) is 6.59. The van der Waals surface area contributed by atoms with E-state index in [2.05, 4.69) is 5.32 Å². The Morgan fingerprint density at radius 2 is 1.95 bits per heavy atom. The van der Waals surface area contributed by atoms with Gasteiger partial charge in [0.1, 0.15) is 0 Å². The zero-order valence-corrected chi connectivity index (χ0v) is 11.6. The van der Waals surface area contributed by atoms with E-state index in [0.29, 0.717) is 0 Å². The summed E-state index contributed by atoms with van der Waals surface area (Å²) < 4.78 is 38.2. The molecule has 0 unspecified atom stereocenters. The second kappa shape index (κ2) is 5.93. The van der Waals surface area contributed by atoms with E-state index in [9.17, 15) is 22.8 Å². The molecule has 1 aromatic carbocycles. The smallest absolute Gasteiger partial charge is 0.354 e. The van der Waals surface area contributed by atoms with Crippen molar-refractivity contribution in [2.24, 2.45) is 0 Å². The van der Waals surface area contributed by atoms with Crippen LogP contribution in [0.2, 0.25) is 5.02 Å². The third-order valence-electron chi connectivity index (χ3n) is 3.07. The van der Waals surface area contributed by atoms with Gasteiger partial charge in [-0.2, -0.15) is 13.2 Å². The van der Waals surface area contributed by atoms with Gasteiger partial charge in [0.05, 0.1) is 5.56 Å². The molecule has 0 spiro atoms. The Hall–Kier alpha value is -1.76. The van der Waals surface area contributed by atoms with Gasteiger partial charge in [0.15, 0.2) is 0 Å². The molecule has 2 amide bonds. The number of hydrogen-bond donors (Lipinski definition) is 1. The second-order valence-corrected chi connectivity index (χ2v) is 5.05. The Morgan fingerprint density at radius 3 is 2.62 bits per heavy atom. The van der Waals surface area contributed by atoms with E-state index < -0.39 is 17.6 Å². The Bertz CT molecular complexity index is 575. The number of rotatable bonds is 1. The molecule has 1 aromatic rings. The normalized spacial score (nSPS) is 16.4. The quantitative estimate of drug-likeness (QED) is 0.863. The lowest BCUT2D eigenvalue weighted by Crippen LogP contribution is -2.34. The van der Waals surface area contributed by atoms with Gasteiger partial charge in [-0.3, -0.25) is 9.59 Å². The molecule has 2 rings (SSSR count). The van der Waals surface area contributed by atoms with Gasteiger partial charge in [-0.1, -0.05) is 11.6 Å². The average Bonchev–Trinajstić information content (AvgIpc) is 2.61. The maximum Gasteiger partial charge on any atom is 0.416 e. The van der Waals surface area contributed by atoms with Gasteiger partial charge < -0.3 is 10.2 Å². The van der Waals surface area contributed by atoms with Crippen LogP contribution in [0.3, 0.4) is 0 Å². The van der Waals surface area contributed by atoms with Crippen molar-refractivity contribution in [1.82, 2.24) is 10.2 Å². The Kier molecular flexibility index (Phi) is 4.41. The van der Waals surface area contributed by atoms with E-state index in [1.807, 2.05) is 0 Å². The number of benzene rings is 1. The summed E-state index contributed by atoms with van der Waals surface area (Å²) >= 11 is 5.66. The summed E-state index contributed by atoms with van der Waals surface area (Å²) in [5.74, 6) is -0.758. The van der Waals surface area contributed by atoms with Crippen molar-refractivity contribution < 1.29 is 22.8 Å². The predicted molar refractivity (Wildman–Crippen MR) is 70.0 cm³/mol. The Balaban J connectivity index is 2.26. The molecule has 1 aliphatic rings. The number of carbonyl (C=O) groups is 2. The van der Waals surface area contributed by atoms with Crippen molar-refractivity contribution >= 4 is 23.4 Å². The molecule has 4 nitrogen and oxygen atoms in total. The van der Waals surface area contributed by atoms with Crippen molar-refractivity contribution in [3.63, 3.8) is 0 Å². The second-order valence-electron chi connectivity index (χ2n) is 4.62. The van der Waals surface area contributed by atoms with Gasteiger partial charge in [0, 0.05) is 36.6 Å². The lowest BCUT2D eigenvalue weighted by atomic mass is 10.1. The van der Waals surface area contributed by atoms with E-state index in [0.717, 1.165) is 12.1 Å². The number of alkyl halides is 3. The van der Waals surface area contributed by atoms with Gasteiger partial charge in [0.2, 0.25) is 5.91 Å². The largest absolute Gasteiger partial charge is 0.416 e. The summed E-state index contributed by atoms with van der Waals surface area (Å²) in [6.07, 6.45) is -4.45. The van der Waals surface area contributed by atoms with Crippen LogP contribution in [0.25, 0.3) is 0 Å². The number of halogens is 4. The fourth-order valence-corrected chi connectivity index (χ4v) is 2.26. The van der Waals surface area contributed by atoms with Crippen LogP contribution in [0.4, 0.5) is 13.2 Å². The first kappa shape index (κ1) is 15.6. The average molecular weight is 321 g/mol. The highest BCUT2D eigenvalue weighted by Gasteiger charge is 2.32. The minimum absolute atomic E-state index is 0.123. The molecule has 1 fully saturated rings. The van der Waals surface area contributed by atoms with Crippen LogP contribution in [0.5, 0.6) is 0 Å². The molecule has 0 bridgehead atoms. The standard InChI is InChI=1S/C13H12ClF3N2O2/c14-10-6-8(5-9(7-10)13(15,16)17)12(21)19-3-1-11(20)18-2-4-19/h5-7H,1-4H2,(H,18,20). The molecule has 114 valence electrons. The first-order chi connectivity index (χ1) is 9.77. The molecule has 0 saturated carbocycles. The third-order valence-corrected chi connectivity index (χ3v) is 3.29. The van der Waals surface area contributed by atoms with Gasteiger partial charge in [-0.15, -0.1) is 0 Å². The fraction of sp³-hybridized carbons (Fsp3) is 0.385. The highest BCUT2D eigenvalue weighted by molar-refractivity contribution is 6.31. The van der Waals surface area contributed by atoms with E-state index in [1.54, 1.807) is 0 Å². The summed E-state index contributed by atoms with van der Waals surface area (Å²) in [6, 6.07) is 2.74. The van der Waals surface area contributed by atoms with Crippen molar-refractivity contribution in [1.29, 1.82) is 0 Å². The van der Waals surface area contributed by atoms with E-state index in [1.165, 1.54) is 11.0 Å². The minimum Gasteiger partial charge on any atom is -0.354 e. The number of nitrogens with zero attached hydrogens (tertiary/aromatic N) is 1. The van der Waals surface area contributed by atoms with Gasteiger partial charge in [0.25, 0.3) is 5.91 Å². The van der Waals surface area contributed by atoms with E-state index in [-0.39, 0.29) is 42.5 Å². The third kappa shape index (κ3) is 3.87. The van der Waals surface area contributed by atoms with Crippen LogP contribution < -0.4 is 5.32 Å². The lowest BCUT2D eigenvalue weighted by Gasteiger charge is -2.20. The molecule has 0 radical (unpaired) electrons. The van der Waals surface area contributed by atoms with Gasteiger partial charge in [-0.25, -0.2) is 0 Å². The van der Waals surface area contributed by atoms with Crippen LogP contribution >= 0.6 is 11.6 Å². The predicted octanol–water partition coefficient (Wildman–Crippen LogP) is 2.32. The number of carbonyl (C=O) groups excluding carboxylic acids is 2. The summed E-state index contributed by atoms with van der Waals surface area (Å²) in [5, 5.41) is 2.43. The van der Waals surface area contributed by atoms with Crippen LogP contribution in [0, 0.1) is 0 Å². The molecule has 1 saturated heterocycles. The van der Waals surface area contributed by atoms with Crippen molar-refractivity contribution in [2.45, 2.75) is 12.6 Å². The monoisotopic (exact) mass is 320 g/mol. The van der Waals surface area contributed by atoms with E-state index >= 15 is 0 Å². The Labute approximate surface area is 123 Å². The van der Waals surface area contributed by atoms with Crippen LogP contribution in [-0.2, 0) is 11.0 Å². The zero-order chi connectivity index (χ0) is 15.6. The Morgan fingerprint density at radius 1 is 1.24 bits per heavy atom. The molecule has 0 aromatic heterocycles. The number of nitrogens with one attached hydrogen (secondary N) is 1. The molecule has 0 atom stereocenters. The molecule has 1 aliphatic heterocycles. The molecule has 0 aliphatic carbocycles. The van der Waals surface area contributed by atoms with Crippen molar-refractivity contribution in [2.75, 3.05) is 19.6 Å². The van der Waals surface area contributed by atoms with Crippen LogP contribution in [0.1, 0.15) is 22.3 Å². The molecular weight excluding hydrogens is 309 g/mol. The number of amides is 2. The summed E-state index contributed by atoms with van der Waals surface area (Å²) in [5.41, 5.74) is -1.11. The highest BCUT2D eigenvalue weighted by atomic mass is 35.5.